The molecule has 2 atom stereocenters. The second-order valence-corrected chi connectivity index (χ2v) is 7.57. The average molecular weight is 382 g/mol. The lowest BCUT2D eigenvalue weighted by molar-refractivity contribution is -0.141. The van der Waals surface area contributed by atoms with E-state index in [2.05, 4.69) is 9.97 Å². The first-order valence-corrected chi connectivity index (χ1v) is 9.37. The van der Waals surface area contributed by atoms with Gasteiger partial charge in [-0.1, -0.05) is 11.6 Å². The van der Waals surface area contributed by atoms with Crippen LogP contribution in [-0.2, 0) is 14.8 Å². The van der Waals surface area contributed by atoms with Gasteiger partial charge in [-0.15, -0.1) is 0 Å². The molecule has 1 aromatic heterocycles. The Bertz CT molecular complexity index is 732. The van der Waals surface area contributed by atoms with Gasteiger partial charge in [0.1, 0.15) is 11.3 Å². The maximum atomic E-state index is 15.2. The monoisotopic (exact) mass is 381 g/mol. The maximum Gasteiger partial charge on any atom is 0.321 e. The van der Waals surface area contributed by atoms with Gasteiger partial charge in [-0.25, -0.2) is 12.8 Å². The van der Waals surface area contributed by atoms with E-state index in [-0.39, 0.29) is 29.9 Å². The van der Waals surface area contributed by atoms with Crippen molar-refractivity contribution in [3.63, 3.8) is 0 Å². The Morgan fingerprint density at radius 2 is 2.17 bits per heavy atom. The van der Waals surface area contributed by atoms with Crippen molar-refractivity contribution in [2.75, 3.05) is 13.4 Å². The molecular formula is C13H17ClFN3O5S. The van der Waals surface area contributed by atoms with Crippen molar-refractivity contribution in [2.45, 2.75) is 37.5 Å². The smallest absolute Gasteiger partial charge is 0.321 e. The van der Waals surface area contributed by atoms with E-state index in [0.29, 0.717) is 12.8 Å². The van der Waals surface area contributed by atoms with Gasteiger partial charge in [0.25, 0.3) is 5.91 Å². The van der Waals surface area contributed by atoms with E-state index < -0.39 is 27.7 Å². The van der Waals surface area contributed by atoms with Crippen molar-refractivity contribution in [1.29, 1.82) is 0 Å². The van der Waals surface area contributed by atoms with Gasteiger partial charge in [-0.2, -0.15) is 9.97 Å². The van der Waals surface area contributed by atoms with Crippen molar-refractivity contribution in [3.05, 3.63) is 11.2 Å². The van der Waals surface area contributed by atoms with Gasteiger partial charge in [-0.05, 0) is 25.7 Å². The van der Waals surface area contributed by atoms with Crippen LogP contribution in [0.15, 0.2) is 6.07 Å². The molecule has 11 heteroatoms. The number of halogens is 2. The summed E-state index contributed by atoms with van der Waals surface area (Å²) in [7, 11) is -2.53. The molecule has 1 amide bonds. The molecule has 1 saturated carbocycles. The first kappa shape index (κ1) is 18.7. The van der Waals surface area contributed by atoms with E-state index in [1.54, 1.807) is 4.72 Å². The zero-order valence-electron chi connectivity index (χ0n) is 13.1. The normalized spacial score (nSPS) is 24.2. The first-order chi connectivity index (χ1) is 11.1. The Kier molecular flexibility index (Phi) is 5.49. The number of hydrogen-bond acceptors (Lipinski definition) is 7. The minimum atomic E-state index is -3.89. The summed E-state index contributed by atoms with van der Waals surface area (Å²) in [5.74, 6) is -1.14. The summed E-state index contributed by atoms with van der Waals surface area (Å²) >= 11 is 5.80. The standard InChI is InChI=1S/C13H17ClFN3O5S/c1-22-10-7-9(14)16-12(17-10)23-8-5-3-4-6-13(8,15)11(19)18-24(2,20)21/h7-8H,3-6H2,1-2H3,(H,18,19). The fraction of sp³-hybridized carbons (Fsp3) is 0.615. The van der Waals surface area contributed by atoms with E-state index in [0.717, 1.165) is 6.26 Å². The van der Waals surface area contributed by atoms with Crippen molar-refractivity contribution in [3.8, 4) is 11.9 Å². The van der Waals surface area contributed by atoms with Crippen molar-refractivity contribution in [1.82, 2.24) is 14.7 Å². The Balaban J connectivity index is 2.26. The van der Waals surface area contributed by atoms with Crippen LogP contribution in [0.5, 0.6) is 11.9 Å². The minimum absolute atomic E-state index is 0.0257. The molecule has 1 heterocycles. The highest BCUT2D eigenvalue weighted by Gasteiger charge is 2.50. The largest absolute Gasteiger partial charge is 0.481 e. The number of alkyl halides is 1. The lowest BCUT2D eigenvalue weighted by Gasteiger charge is -2.35. The Morgan fingerprint density at radius 3 is 2.79 bits per heavy atom. The quantitative estimate of drug-likeness (QED) is 0.764. The Hall–Kier alpha value is -1.68. The number of nitrogens with zero attached hydrogens (tertiary/aromatic N) is 2. The molecule has 0 aromatic carbocycles. The molecule has 0 spiro atoms. The van der Waals surface area contributed by atoms with Crippen LogP contribution < -0.4 is 14.2 Å². The van der Waals surface area contributed by atoms with Crippen molar-refractivity contribution >= 4 is 27.5 Å². The van der Waals surface area contributed by atoms with Crippen LogP contribution >= 0.6 is 11.6 Å². The van der Waals surface area contributed by atoms with Crippen LogP contribution in [0, 0.1) is 0 Å². The van der Waals surface area contributed by atoms with Gasteiger partial charge in [0.05, 0.1) is 13.4 Å². The van der Waals surface area contributed by atoms with Crippen LogP contribution in [0.2, 0.25) is 5.15 Å². The molecular weight excluding hydrogens is 365 g/mol. The SMILES string of the molecule is COc1cc(Cl)nc(OC2CCCCC2(F)C(=O)NS(C)(=O)=O)n1. The molecule has 1 fully saturated rings. The molecule has 1 aliphatic rings. The van der Waals surface area contributed by atoms with Gasteiger partial charge in [0, 0.05) is 6.07 Å². The molecule has 8 nitrogen and oxygen atoms in total. The second-order valence-electron chi connectivity index (χ2n) is 5.43. The fourth-order valence-corrected chi connectivity index (χ4v) is 3.10. The number of sulfonamides is 1. The van der Waals surface area contributed by atoms with Crippen LogP contribution in [0.3, 0.4) is 0 Å². The third-order valence-corrected chi connectivity index (χ3v) is 4.28. The Morgan fingerprint density at radius 1 is 1.46 bits per heavy atom. The van der Waals surface area contributed by atoms with E-state index >= 15 is 4.39 Å². The van der Waals surface area contributed by atoms with E-state index in [9.17, 15) is 13.2 Å². The zero-order valence-corrected chi connectivity index (χ0v) is 14.7. The maximum absolute atomic E-state index is 15.2. The predicted molar refractivity (Wildman–Crippen MR) is 83.3 cm³/mol. The number of carbonyl (C=O) groups is 1. The fourth-order valence-electron chi connectivity index (χ4n) is 2.43. The molecule has 0 bridgehead atoms. The summed E-state index contributed by atoms with van der Waals surface area (Å²) in [6, 6.07) is 1.09. The number of ether oxygens (including phenoxy) is 2. The van der Waals surface area contributed by atoms with Crippen molar-refractivity contribution < 1.29 is 27.1 Å². The highest BCUT2D eigenvalue weighted by atomic mass is 35.5. The van der Waals surface area contributed by atoms with Gasteiger partial charge in [0.15, 0.2) is 0 Å². The van der Waals surface area contributed by atoms with Crippen LogP contribution in [0.1, 0.15) is 25.7 Å². The lowest BCUT2D eigenvalue weighted by atomic mass is 9.83. The number of methoxy groups -OCH3 is 1. The lowest BCUT2D eigenvalue weighted by Crippen LogP contribution is -2.56. The molecule has 0 radical (unpaired) electrons. The third kappa shape index (κ3) is 4.44. The number of amides is 1. The van der Waals surface area contributed by atoms with E-state index in [1.807, 2.05) is 0 Å². The Labute approximate surface area is 143 Å². The van der Waals surface area contributed by atoms with Crippen LogP contribution in [0.4, 0.5) is 4.39 Å². The highest BCUT2D eigenvalue weighted by Crippen LogP contribution is 2.35. The molecule has 0 saturated heterocycles. The molecule has 2 unspecified atom stereocenters. The molecule has 0 aliphatic heterocycles. The number of carbonyl (C=O) groups excluding carboxylic acids is 1. The van der Waals surface area contributed by atoms with Crippen LogP contribution in [0.25, 0.3) is 0 Å². The zero-order chi connectivity index (χ0) is 18.0. The number of rotatable bonds is 5. The van der Waals surface area contributed by atoms with E-state index in [4.69, 9.17) is 21.1 Å². The molecule has 2 rings (SSSR count). The van der Waals surface area contributed by atoms with E-state index in [1.165, 1.54) is 13.2 Å². The highest BCUT2D eigenvalue weighted by molar-refractivity contribution is 7.89. The minimum Gasteiger partial charge on any atom is -0.481 e. The van der Waals surface area contributed by atoms with Crippen LogP contribution in [-0.4, -0.2) is 49.4 Å². The van der Waals surface area contributed by atoms with Gasteiger partial charge >= 0.3 is 6.01 Å². The molecule has 134 valence electrons. The summed E-state index contributed by atoms with van der Waals surface area (Å²) in [6.45, 7) is 0. The van der Waals surface area contributed by atoms with Gasteiger partial charge in [-0.3, -0.25) is 9.52 Å². The number of nitrogens with one attached hydrogen (secondary N) is 1. The average Bonchev–Trinajstić information content (AvgIpc) is 2.47. The van der Waals surface area contributed by atoms with Gasteiger partial charge < -0.3 is 9.47 Å². The summed E-state index contributed by atoms with van der Waals surface area (Å²) in [6.07, 6.45) is 0.602. The third-order valence-electron chi connectivity index (χ3n) is 3.53. The summed E-state index contributed by atoms with van der Waals surface area (Å²) in [4.78, 5) is 19.8. The predicted octanol–water partition coefficient (Wildman–Crippen LogP) is 1.24. The topological polar surface area (TPSA) is 107 Å². The summed E-state index contributed by atoms with van der Waals surface area (Å²) in [5, 5.41) is 0.0257. The molecule has 1 aromatic rings. The van der Waals surface area contributed by atoms with Gasteiger partial charge in [0.2, 0.25) is 21.6 Å². The molecule has 1 N–H and O–H groups in total. The molecule has 1 aliphatic carbocycles. The first-order valence-electron chi connectivity index (χ1n) is 7.10. The summed E-state index contributed by atoms with van der Waals surface area (Å²) < 4.78 is 49.7. The number of aromatic nitrogens is 2. The molecule has 24 heavy (non-hydrogen) atoms. The van der Waals surface area contributed by atoms with Crippen molar-refractivity contribution in [2.24, 2.45) is 0 Å². The summed E-state index contributed by atoms with van der Waals surface area (Å²) in [5.41, 5.74) is -2.51. The second kappa shape index (κ2) is 7.06. The number of hydrogen-bond donors (Lipinski definition) is 1.